The minimum absolute atomic E-state index is 0.205. The van der Waals surface area contributed by atoms with Crippen LogP contribution in [0.2, 0.25) is 0 Å². The summed E-state index contributed by atoms with van der Waals surface area (Å²) < 4.78 is 10.8. The zero-order valence-corrected chi connectivity index (χ0v) is 17.3. The van der Waals surface area contributed by atoms with Crippen LogP contribution in [0.3, 0.4) is 0 Å². The van der Waals surface area contributed by atoms with E-state index in [1.165, 1.54) is 11.8 Å². The summed E-state index contributed by atoms with van der Waals surface area (Å²) in [4.78, 5) is 24.0. The van der Waals surface area contributed by atoms with E-state index in [4.69, 9.17) is 9.15 Å². The minimum Gasteiger partial charge on any atom is -0.462 e. The molecule has 30 heavy (non-hydrogen) atoms. The van der Waals surface area contributed by atoms with Crippen molar-refractivity contribution < 1.29 is 18.7 Å². The van der Waals surface area contributed by atoms with Gasteiger partial charge in [-0.2, -0.15) is 5.10 Å². The summed E-state index contributed by atoms with van der Waals surface area (Å²) in [5, 5.41) is 3.96. The van der Waals surface area contributed by atoms with Crippen LogP contribution < -0.4 is 5.43 Å². The Morgan fingerprint density at radius 2 is 1.90 bits per heavy atom. The van der Waals surface area contributed by atoms with Gasteiger partial charge < -0.3 is 9.15 Å². The molecule has 0 bridgehead atoms. The van der Waals surface area contributed by atoms with Crippen LogP contribution in [0.4, 0.5) is 0 Å². The van der Waals surface area contributed by atoms with Crippen LogP contribution >= 0.6 is 0 Å². The number of hydrogen-bond acceptors (Lipinski definition) is 5. The summed E-state index contributed by atoms with van der Waals surface area (Å²) >= 11 is 0. The van der Waals surface area contributed by atoms with Crippen molar-refractivity contribution in [2.24, 2.45) is 5.10 Å². The first-order valence-corrected chi connectivity index (χ1v) is 9.71. The molecule has 2 aromatic carbocycles. The number of benzene rings is 2. The summed E-state index contributed by atoms with van der Waals surface area (Å²) in [6.45, 7) is 6.14. The van der Waals surface area contributed by atoms with Crippen molar-refractivity contribution in [1.82, 2.24) is 5.43 Å². The second kappa shape index (κ2) is 9.69. The van der Waals surface area contributed by atoms with Crippen LogP contribution in [0, 0.1) is 13.8 Å². The number of carbonyl (C=O) groups is 2. The first-order valence-electron chi connectivity index (χ1n) is 9.71. The van der Waals surface area contributed by atoms with Crippen molar-refractivity contribution in [3.05, 3.63) is 82.6 Å². The number of rotatable bonds is 7. The van der Waals surface area contributed by atoms with E-state index in [9.17, 15) is 9.59 Å². The van der Waals surface area contributed by atoms with Gasteiger partial charge in [0.05, 0.1) is 24.8 Å². The van der Waals surface area contributed by atoms with Gasteiger partial charge in [0.25, 0.3) is 0 Å². The highest BCUT2D eigenvalue weighted by molar-refractivity contribution is 5.91. The fourth-order valence-corrected chi connectivity index (χ4v) is 2.90. The number of esters is 1. The van der Waals surface area contributed by atoms with Crippen LogP contribution in [0.5, 0.6) is 0 Å². The molecule has 0 aliphatic rings. The predicted octanol–water partition coefficient (Wildman–Crippen LogP) is 4.43. The zero-order chi connectivity index (χ0) is 21.5. The standard InChI is InChI=1S/C24H24N2O4/c1-4-29-24(28)20-7-5-6-19(14-20)22-11-10-21(30-22)15-25-26-23(27)13-18-9-8-16(2)17(3)12-18/h5-12,14-15H,4,13H2,1-3H3,(H,26,27)/b25-15-. The van der Waals surface area contributed by atoms with Crippen molar-refractivity contribution in [2.75, 3.05) is 6.61 Å². The third-order valence-electron chi connectivity index (χ3n) is 4.60. The van der Waals surface area contributed by atoms with Gasteiger partial charge in [-0.3, -0.25) is 4.79 Å². The summed E-state index contributed by atoms with van der Waals surface area (Å²) in [6.07, 6.45) is 1.69. The third-order valence-corrected chi connectivity index (χ3v) is 4.60. The number of amides is 1. The third kappa shape index (κ3) is 5.44. The molecule has 6 nitrogen and oxygen atoms in total. The van der Waals surface area contributed by atoms with E-state index >= 15 is 0 Å². The Hall–Kier alpha value is -3.67. The lowest BCUT2D eigenvalue weighted by molar-refractivity contribution is -0.120. The van der Waals surface area contributed by atoms with Crippen LogP contribution in [0.1, 0.15) is 39.7 Å². The van der Waals surface area contributed by atoms with Crippen molar-refractivity contribution >= 4 is 18.1 Å². The summed E-state index contributed by atoms with van der Waals surface area (Å²) in [5.74, 6) is 0.490. The maximum absolute atomic E-state index is 12.1. The van der Waals surface area contributed by atoms with E-state index in [-0.39, 0.29) is 18.3 Å². The summed E-state index contributed by atoms with van der Waals surface area (Å²) in [5.41, 5.74) is 7.00. The number of nitrogens with one attached hydrogen (secondary N) is 1. The molecule has 0 saturated carbocycles. The highest BCUT2D eigenvalue weighted by Crippen LogP contribution is 2.23. The number of carbonyl (C=O) groups excluding carboxylic acids is 2. The fraction of sp³-hybridized carbons (Fsp3) is 0.208. The molecular formula is C24H24N2O4. The van der Waals surface area contributed by atoms with Gasteiger partial charge in [0, 0.05) is 5.56 Å². The van der Waals surface area contributed by atoms with E-state index < -0.39 is 0 Å². The molecular weight excluding hydrogens is 380 g/mol. The minimum atomic E-state index is -0.376. The number of aryl methyl sites for hydroxylation is 2. The monoisotopic (exact) mass is 404 g/mol. The Bertz CT molecular complexity index is 1080. The molecule has 0 spiro atoms. The molecule has 6 heteroatoms. The van der Waals surface area contributed by atoms with E-state index in [0.29, 0.717) is 23.7 Å². The smallest absolute Gasteiger partial charge is 0.338 e. The maximum Gasteiger partial charge on any atom is 0.338 e. The predicted molar refractivity (Wildman–Crippen MR) is 115 cm³/mol. The topological polar surface area (TPSA) is 80.9 Å². The normalized spacial score (nSPS) is 10.9. The molecule has 0 saturated heterocycles. The van der Waals surface area contributed by atoms with E-state index in [1.54, 1.807) is 37.3 Å². The van der Waals surface area contributed by atoms with Gasteiger partial charge in [-0.25, -0.2) is 10.2 Å². The molecule has 1 heterocycles. The molecule has 0 aliphatic heterocycles. The van der Waals surface area contributed by atoms with Crippen LogP contribution in [0.25, 0.3) is 11.3 Å². The first-order chi connectivity index (χ1) is 14.5. The van der Waals surface area contributed by atoms with E-state index in [0.717, 1.165) is 16.7 Å². The molecule has 0 atom stereocenters. The Morgan fingerprint density at radius 3 is 2.67 bits per heavy atom. The highest BCUT2D eigenvalue weighted by atomic mass is 16.5. The second-order valence-electron chi connectivity index (χ2n) is 6.89. The molecule has 1 aromatic heterocycles. The van der Waals surface area contributed by atoms with Gasteiger partial charge in [-0.15, -0.1) is 0 Å². The molecule has 1 amide bonds. The highest BCUT2D eigenvalue weighted by Gasteiger charge is 2.10. The second-order valence-corrected chi connectivity index (χ2v) is 6.89. The molecule has 0 fully saturated rings. The number of nitrogens with zero attached hydrogens (tertiary/aromatic N) is 1. The first kappa shape index (κ1) is 21.0. The quantitative estimate of drug-likeness (QED) is 0.359. The molecule has 0 aliphatic carbocycles. The zero-order valence-electron chi connectivity index (χ0n) is 17.3. The number of hydrazone groups is 1. The summed E-state index contributed by atoms with van der Waals surface area (Å²) in [7, 11) is 0. The number of hydrogen-bond donors (Lipinski definition) is 1. The molecule has 3 rings (SSSR count). The fourth-order valence-electron chi connectivity index (χ4n) is 2.90. The number of ether oxygens (including phenoxy) is 1. The van der Waals surface area contributed by atoms with Gasteiger partial charge in [0.15, 0.2) is 0 Å². The molecule has 0 radical (unpaired) electrons. The maximum atomic E-state index is 12.1. The Labute approximate surface area is 175 Å². The molecule has 154 valence electrons. The average Bonchev–Trinajstić information content (AvgIpc) is 3.20. The largest absolute Gasteiger partial charge is 0.462 e. The SMILES string of the molecule is CCOC(=O)c1cccc(-c2ccc(/C=N\NC(=O)Cc3ccc(C)c(C)c3)o2)c1. The Balaban J connectivity index is 1.60. The number of furan rings is 1. The lowest BCUT2D eigenvalue weighted by atomic mass is 10.0. The Kier molecular flexibility index (Phi) is 6.80. The van der Waals surface area contributed by atoms with Crippen LogP contribution in [0.15, 0.2) is 64.1 Å². The van der Waals surface area contributed by atoms with Crippen molar-refractivity contribution in [2.45, 2.75) is 27.2 Å². The lowest BCUT2D eigenvalue weighted by Gasteiger charge is -2.04. The van der Waals surface area contributed by atoms with Crippen molar-refractivity contribution in [3.8, 4) is 11.3 Å². The van der Waals surface area contributed by atoms with Gasteiger partial charge in [-0.1, -0.05) is 30.3 Å². The molecule has 1 N–H and O–H groups in total. The summed E-state index contributed by atoms with van der Waals surface area (Å²) in [6, 6.07) is 16.5. The van der Waals surface area contributed by atoms with Gasteiger partial charge in [0.2, 0.25) is 5.91 Å². The van der Waals surface area contributed by atoms with Crippen LogP contribution in [-0.4, -0.2) is 24.7 Å². The lowest BCUT2D eigenvalue weighted by Crippen LogP contribution is -2.19. The van der Waals surface area contributed by atoms with E-state index in [1.807, 2.05) is 38.1 Å². The molecule has 3 aromatic rings. The van der Waals surface area contributed by atoms with Gasteiger partial charge in [0.1, 0.15) is 11.5 Å². The van der Waals surface area contributed by atoms with Crippen molar-refractivity contribution in [1.29, 1.82) is 0 Å². The van der Waals surface area contributed by atoms with Crippen LogP contribution in [-0.2, 0) is 16.0 Å². The van der Waals surface area contributed by atoms with Crippen molar-refractivity contribution in [3.63, 3.8) is 0 Å². The van der Waals surface area contributed by atoms with Gasteiger partial charge in [-0.05, 0) is 61.7 Å². The Morgan fingerprint density at radius 1 is 1.07 bits per heavy atom. The van der Waals surface area contributed by atoms with Gasteiger partial charge >= 0.3 is 5.97 Å². The average molecular weight is 404 g/mol. The molecule has 0 unspecified atom stereocenters. The van der Waals surface area contributed by atoms with E-state index in [2.05, 4.69) is 10.5 Å².